The van der Waals surface area contributed by atoms with Gasteiger partial charge in [-0.3, -0.25) is 0 Å². The zero-order chi connectivity index (χ0) is 8.85. The van der Waals surface area contributed by atoms with E-state index in [0.717, 1.165) is 0 Å². The summed E-state index contributed by atoms with van der Waals surface area (Å²) in [5.74, 6) is 0. The summed E-state index contributed by atoms with van der Waals surface area (Å²) in [5.41, 5.74) is 0. The summed E-state index contributed by atoms with van der Waals surface area (Å²) in [6.07, 6.45) is 0. The van der Waals surface area contributed by atoms with Crippen molar-refractivity contribution in [2.24, 2.45) is 0 Å². The molecule has 0 saturated carbocycles. The third kappa shape index (κ3) is 10.4. The first kappa shape index (κ1) is 14.9. The Labute approximate surface area is 101 Å². The van der Waals surface area contributed by atoms with E-state index in [1.54, 1.807) is 0 Å². The van der Waals surface area contributed by atoms with E-state index in [-0.39, 0.29) is 25.5 Å². The molecule has 0 bridgehead atoms. The number of carbonyl (C=O) groups excluding carboxylic acids is 1. The zero-order valence-corrected chi connectivity index (χ0v) is 12.0. The largest absolute Gasteiger partial charge is 2.00 e. The second kappa shape index (κ2) is 8.04. The number of amides is 1. The standard InChI is InChI=1S/C5H10N2OS3.Zn/c1-3(7-4(8)9)2-6-5(10)11;/h3H,2H2,1H3,(H2,6,10,11)(H2,7,8,9);/q;+2/p-2. The number of thiocarbonyl (C=S) groups is 1. The number of hydrogen-bond acceptors (Lipinski definition) is 4. The summed E-state index contributed by atoms with van der Waals surface area (Å²) < 4.78 is 0.301. The van der Waals surface area contributed by atoms with E-state index in [2.05, 4.69) is 48.1 Å². The Hall–Kier alpha value is 0.423. The van der Waals surface area contributed by atoms with Gasteiger partial charge < -0.3 is 52.9 Å². The van der Waals surface area contributed by atoms with Gasteiger partial charge in [0.2, 0.25) is 0 Å². The number of hydrogen-bond donors (Lipinski definition) is 2. The molecule has 0 saturated heterocycles. The van der Waals surface area contributed by atoms with Gasteiger partial charge in [-0.2, -0.15) is 0 Å². The van der Waals surface area contributed by atoms with Crippen molar-refractivity contribution in [2.75, 3.05) is 6.54 Å². The van der Waals surface area contributed by atoms with Crippen molar-refractivity contribution in [3.05, 3.63) is 0 Å². The molecule has 0 heterocycles. The molecule has 0 rings (SSSR count). The van der Waals surface area contributed by atoms with Crippen LogP contribution in [-0.2, 0) is 44.7 Å². The summed E-state index contributed by atoms with van der Waals surface area (Å²) >= 11 is 13.5. The Kier molecular flexibility index (Phi) is 10.00. The molecule has 0 radical (unpaired) electrons. The van der Waals surface area contributed by atoms with Gasteiger partial charge in [-0.1, -0.05) is 4.32 Å². The maximum atomic E-state index is 10.3. The van der Waals surface area contributed by atoms with Gasteiger partial charge in [0.15, 0.2) is 0 Å². The predicted octanol–water partition coefficient (Wildman–Crippen LogP) is 0.0503. The van der Waals surface area contributed by atoms with Gasteiger partial charge in [-0.25, -0.2) is 0 Å². The molecular formula is C5H8N2OS3Zn. The Morgan fingerprint density at radius 1 is 1.58 bits per heavy atom. The van der Waals surface area contributed by atoms with Crippen molar-refractivity contribution in [2.45, 2.75) is 13.0 Å². The third-order valence-electron chi connectivity index (χ3n) is 0.917. The maximum absolute atomic E-state index is 10.3. The molecule has 0 spiro atoms. The van der Waals surface area contributed by atoms with Gasteiger partial charge in [-0.05, 0) is 6.92 Å². The van der Waals surface area contributed by atoms with Crippen molar-refractivity contribution in [3.8, 4) is 0 Å². The average molecular weight is 274 g/mol. The Balaban J connectivity index is 0. The summed E-state index contributed by atoms with van der Waals surface area (Å²) in [7, 11) is 0. The van der Waals surface area contributed by atoms with Crippen molar-refractivity contribution in [1.29, 1.82) is 0 Å². The molecule has 0 aromatic rings. The molecule has 0 aliphatic carbocycles. The molecule has 0 fully saturated rings. The van der Waals surface area contributed by atoms with Gasteiger partial charge >= 0.3 is 19.5 Å². The number of carbonyl (C=O) groups is 1. The van der Waals surface area contributed by atoms with Crippen LogP contribution in [0.1, 0.15) is 6.92 Å². The van der Waals surface area contributed by atoms with Crippen molar-refractivity contribution in [1.82, 2.24) is 10.6 Å². The first-order valence-corrected chi connectivity index (χ1v) is 4.17. The van der Waals surface area contributed by atoms with E-state index in [9.17, 15) is 4.79 Å². The van der Waals surface area contributed by atoms with E-state index in [4.69, 9.17) is 0 Å². The molecule has 2 N–H and O–H groups in total. The van der Waals surface area contributed by atoms with E-state index in [1.807, 2.05) is 6.92 Å². The van der Waals surface area contributed by atoms with Crippen LogP contribution >= 0.6 is 12.2 Å². The quantitative estimate of drug-likeness (QED) is 0.432. The molecule has 7 heteroatoms. The number of rotatable bonds is 3. The second-order valence-electron chi connectivity index (χ2n) is 2.00. The van der Waals surface area contributed by atoms with Crippen LogP contribution in [0.4, 0.5) is 4.79 Å². The molecule has 1 atom stereocenters. The predicted molar refractivity (Wildman–Crippen MR) is 53.3 cm³/mol. The molecule has 12 heavy (non-hydrogen) atoms. The Morgan fingerprint density at radius 2 is 2.08 bits per heavy atom. The number of nitrogens with one attached hydrogen (secondary N) is 2. The normalized spacial score (nSPS) is 10.8. The van der Waals surface area contributed by atoms with Gasteiger partial charge in [0, 0.05) is 12.6 Å². The molecule has 0 aromatic heterocycles. The van der Waals surface area contributed by atoms with Crippen LogP contribution < -0.4 is 10.6 Å². The van der Waals surface area contributed by atoms with Crippen molar-refractivity contribution in [3.63, 3.8) is 0 Å². The SMILES string of the molecule is CC(CNC(=S)[S-])NC(=O)[S-].[Zn+2]. The Morgan fingerprint density at radius 3 is 2.42 bits per heavy atom. The third-order valence-corrected chi connectivity index (χ3v) is 1.32. The van der Waals surface area contributed by atoms with Crippen LogP contribution in [0.5, 0.6) is 0 Å². The first-order valence-electron chi connectivity index (χ1n) is 2.94. The molecule has 0 aliphatic rings. The monoisotopic (exact) mass is 272 g/mol. The van der Waals surface area contributed by atoms with Crippen LogP contribution in [-0.4, -0.2) is 22.1 Å². The summed E-state index contributed by atoms with van der Waals surface area (Å²) in [6.45, 7) is 2.33. The molecule has 3 nitrogen and oxygen atoms in total. The van der Waals surface area contributed by atoms with E-state index in [0.29, 0.717) is 10.9 Å². The Bertz CT molecular complexity index is 167. The maximum Gasteiger partial charge on any atom is 2.00 e. The van der Waals surface area contributed by atoms with Crippen LogP contribution in [0.25, 0.3) is 0 Å². The van der Waals surface area contributed by atoms with Crippen molar-refractivity contribution >= 4 is 47.0 Å². The van der Waals surface area contributed by atoms with Gasteiger partial charge in [0.25, 0.3) is 0 Å². The van der Waals surface area contributed by atoms with Gasteiger partial charge in [-0.15, -0.1) is 0 Å². The van der Waals surface area contributed by atoms with E-state index in [1.165, 1.54) is 0 Å². The summed E-state index contributed by atoms with van der Waals surface area (Å²) in [5, 5.41) is 4.78. The van der Waals surface area contributed by atoms with E-state index < -0.39 is 5.24 Å². The molecular weight excluding hydrogens is 266 g/mol. The van der Waals surface area contributed by atoms with Crippen LogP contribution in [0.3, 0.4) is 0 Å². The molecule has 64 valence electrons. The fourth-order valence-electron chi connectivity index (χ4n) is 0.489. The summed E-state index contributed by atoms with van der Waals surface area (Å²) in [6, 6.07) is -0.0408. The molecule has 1 amide bonds. The molecule has 0 aliphatic heterocycles. The minimum Gasteiger partial charge on any atom is -0.719 e. The second-order valence-corrected chi connectivity index (χ2v) is 3.45. The average Bonchev–Trinajstić information content (AvgIpc) is 1.82. The van der Waals surface area contributed by atoms with Crippen LogP contribution in [0.15, 0.2) is 0 Å². The van der Waals surface area contributed by atoms with Crippen LogP contribution in [0, 0.1) is 0 Å². The summed E-state index contributed by atoms with van der Waals surface area (Å²) in [4.78, 5) is 10.3. The van der Waals surface area contributed by atoms with Gasteiger partial charge in [0.05, 0.1) is 5.24 Å². The van der Waals surface area contributed by atoms with E-state index >= 15 is 0 Å². The first-order chi connectivity index (χ1) is 5.02. The minimum absolute atomic E-state index is 0. The molecule has 0 aromatic carbocycles. The fourth-order valence-corrected chi connectivity index (χ4v) is 0.856. The minimum atomic E-state index is -0.463. The molecule has 1 unspecified atom stereocenters. The van der Waals surface area contributed by atoms with Crippen molar-refractivity contribution < 1.29 is 24.3 Å². The van der Waals surface area contributed by atoms with Gasteiger partial charge in [0.1, 0.15) is 0 Å². The smallest absolute Gasteiger partial charge is 0.719 e. The topological polar surface area (TPSA) is 41.1 Å². The van der Waals surface area contributed by atoms with Crippen LogP contribution in [0.2, 0.25) is 0 Å². The zero-order valence-electron chi connectivity index (χ0n) is 6.62. The fraction of sp³-hybridized carbons (Fsp3) is 0.600.